The molecule has 0 unspecified atom stereocenters. The molecule has 2 nitrogen and oxygen atoms in total. The molecule has 14 heavy (non-hydrogen) atoms. The maximum absolute atomic E-state index is 12.2. The average molecular weight is 244 g/mol. The van der Waals surface area contributed by atoms with Gasteiger partial charge in [-0.25, -0.2) is 4.98 Å². The van der Waals surface area contributed by atoms with Crippen molar-refractivity contribution in [3.63, 3.8) is 0 Å². The molecular formula is C6H2BClF3KN2. The standard InChI is InChI=1S/C6H2BClF3N2.K/c8-6-4(3-12)5(1-2-13-6)7(9,10)11;/h1-2H;/q-1;+1. The number of halogens is 4. The molecule has 0 spiro atoms. The van der Waals surface area contributed by atoms with Crippen molar-refractivity contribution in [2.75, 3.05) is 0 Å². The smallest absolute Gasteiger partial charge is 0.445 e. The Hall–Kier alpha value is 0.421. The van der Waals surface area contributed by atoms with Crippen LogP contribution in [0.4, 0.5) is 12.9 Å². The monoisotopic (exact) mass is 244 g/mol. The number of hydrogen-bond donors (Lipinski definition) is 0. The molecule has 0 saturated heterocycles. The minimum absolute atomic E-state index is 0. The summed E-state index contributed by atoms with van der Waals surface area (Å²) < 4.78 is 36.7. The summed E-state index contributed by atoms with van der Waals surface area (Å²) in [6.07, 6.45) is 0.924. The molecule has 0 N–H and O–H groups in total. The second-order valence-corrected chi connectivity index (χ2v) is 2.61. The molecule has 0 amide bonds. The Balaban J connectivity index is 0.00000169. The van der Waals surface area contributed by atoms with Gasteiger partial charge in [-0.15, -0.1) is 0 Å². The molecule has 0 aliphatic rings. The SMILES string of the molecule is N#Cc1c([B-](F)(F)F)ccnc1Cl.[K+]. The minimum atomic E-state index is -5.20. The van der Waals surface area contributed by atoms with E-state index in [1.165, 1.54) is 6.07 Å². The fourth-order valence-corrected chi connectivity index (χ4v) is 1.04. The molecule has 0 radical (unpaired) electrons. The summed E-state index contributed by atoms with van der Waals surface area (Å²) in [6, 6.07) is 2.11. The van der Waals surface area contributed by atoms with Gasteiger partial charge in [0.1, 0.15) is 5.15 Å². The van der Waals surface area contributed by atoms with Gasteiger partial charge in [-0.2, -0.15) is 5.26 Å². The minimum Gasteiger partial charge on any atom is -0.445 e. The van der Waals surface area contributed by atoms with Crippen molar-refractivity contribution in [3.8, 4) is 6.07 Å². The first-order valence-corrected chi connectivity index (χ1v) is 3.59. The van der Waals surface area contributed by atoms with Crippen molar-refractivity contribution in [3.05, 3.63) is 23.0 Å². The topological polar surface area (TPSA) is 36.7 Å². The van der Waals surface area contributed by atoms with Crippen molar-refractivity contribution < 1.29 is 64.3 Å². The van der Waals surface area contributed by atoms with E-state index >= 15 is 0 Å². The largest absolute Gasteiger partial charge is 1.00 e. The Labute approximate surface area is 126 Å². The molecule has 1 aromatic heterocycles. The van der Waals surface area contributed by atoms with E-state index in [0.717, 1.165) is 12.3 Å². The summed E-state index contributed by atoms with van der Waals surface area (Å²) in [5.41, 5.74) is -1.61. The quantitative estimate of drug-likeness (QED) is 0.453. The van der Waals surface area contributed by atoms with E-state index in [9.17, 15) is 12.9 Å². The van der Waals surface area contributed by atoms with E-state index in [4.69, 9.17) is 16.9 Å². The van der Waals surface area contributed by atoms with Crippen molar-refractivity contribution >= 4 is 24.0 Å². The predicted molar refractivity (Wildman–Crippen MR) is 42.7 cm³/mol. The van der Waals surface area contributed by atoms with Gasteiger partial charge in [-0.1, -0.05) is 23.1 Å². The van der Waals surface area contributed by atoms with Gasteiger partial charge in [0.05, 0.1) is 11.6 Å². The maximum atomic E-state index is 12.2. The van der Waals surface area contributed by atoms with E-state index in [0.29, 0.717) is 0 Å². The van der Waals surface area contributed by atoms with Crippen molar-refractivity contribution in [1.29, 1.82) is 5.26 Å². The van der Waals surface area contributed by atoms with Crippen LogP contribution in [0.1, 0.15) is 5.56 Å². The van der Waals surface area contributed by atoms with Crippen LogP contribution in [-0.2, 0) is 0 Å². The van der Waals surface area contributed by atoms with Gasteiger partial charge >= 0.3 is 58.4 Å². The molecule has 68 valence electrons. The Morgan fingerprint density at radius 2 is 2.00 bits per heavy atom. The average Bonchev–Trinajstić information content (AvgIpc) is 2.02. The molecule has 1 aromatic rings. The zero-order valence-electron chi connectivity index (χ0n) is 7.14. The second kappa shape index (κ2) is 5.49. The van der Waals surface area contributed by atoms with Crippen LogP contribution in [0.3, 0.4) is 0 Å². The number of hydrogen-bond acceptors (Lipinski definition) is 2. The summed E-state index contributed by atoms with van der Waals surface area (Å²) in [4.78, 5) is 3.38. The summed E-state index contributed by atoms with van der Waals surface area (Å²) in [7, 11) is 0. The van der Waals surface area contributed by atoms with E-state index in [2.05, 4.69) is 4.98 Å². The van der Waals surface area contributed by atoms with Crippen molar-refractivity contribution in [1.82, 2.24) is 4.98 Å². The fraction of sp³-hybridized carbons (Fsp3) is 0. The van der Waals surface area contributed by atoms with Gasteiger partial charge in [0.15, 0.2) is 0 Å². The third-order valence-electron chi connectivity index (χ3n) is 1.40. The van der Waals surface area contributed by atoms with Gasteiger partial charge < -0.3 is 12.9 Å². The summed E-state index contributed by atoms with van der Waals surface area (Å²) in [5.74, 6) is 0. The van der Waals surface area contributed by atoms with E-state index < -0.39 is 23.2 Å². The third-order valence-corrected chi connectivity index (χ3v) is 1.69. The Bertz CT molecular complexity index is 376. The molecule has 0 aliphatic carbocycles. The van der Waals surface area contributed by atoms with Crippen LogP contribution in [0.5, 0.6) is 0 Å². The Morgan fingerprint density at radius 3 is 2.36 bits per heavy atom. The van der Waals surface area contributed by atoms with Crippen LogP contribution in [0.2, 0.25) is 5.15 Å². The van der Waals surface area contributed by atoms with Crippen molar-refractivity contribution in [2.24, 2.45) is 0 Å². The third kappa shape index (κ3) is 3.22. The molecule has 0 bridgehead atoms. The number of nitriles is 1. The van der Waals surface area contributed by atoms with Crippen LogP contribution in [0.25, 0.3) is 0 Å². The zero-order chi connectivity index (χ0) is 10.1. The number of pyridine rings is 1. The fourth-order valence-electron chi connectivity index (χ4n) is 0.833. The van der Waals surface area contributed by atoms with Gasteiger partial charge in [0.2, 0.25) is 0 Å². The molecular weight excluding hydrogens is 242 g/mol. The molecule has 1 heterocycles. The molecule has 1 rings (SSSR count). The van der Waals surface area contributed by atoms with E-state index in [1.807, 2.05) is 0 Å². The van der Waals surface area contributed by atoms with Gasteiger partial charge in [0, 0.05) is 6.20 Å². The normalized spacial score (nSPS) is 10.2. The van der Waals surface area contributed by atoms with Gasteiger partial charge in [0.25, 0.3) is 0 Å². The summed E-state index contributed by atoms with van der Waals surface area (Å²) >= 11 is 5.31. The molecule has 0 aliphatic heterocycles. The first-order valence-electron chi connectivity index (χ1n) is 3.21. The van der Waals surface area contributed by atoms with Crippen LogP contribution in [0.15, 0.2) is 12.3 Å². The molecule has 0 aromatic carbocycles. The maximum Gasteiger partial charge on any atom is 1.00 e. The Morgan fingerprint density at radius 1 is 1.43 bits per heavy atom. The van der Waals surface area contributed by atoms with Crippen molar-refractivity contribution in [2.45, 2.75) is 0 Å². The van der Waals surface area contributed by atoms with Gasteiger partial charge in [-0.05, 0) is 0 Å². The predicted octanol–water partition coefficient (Wildman–Crippen LogP) is -1.33. The van der Waals surface area contributed by atoms with Crippen LogP contribution >= 0.6 is 11.6 Å². The molecule has 0 atom stereocenters. The summed E-state index contributed by atoms with van der Waals surface area (Å²) in [5, 5.41) is 7.98. The second-order valence-electron chi connectivity index (χ2n) is 2.25. The van der Waals surface area contributed by atoms with Crippen LogP contribution in [-0.4, -0.2) is 12.0 Å². The zero-order valence-corrected chi connectivity index (χ0v) is 11.0. The molecule has 0 fully saturated rings. The molecule has 8 heteroatoms. The summed E-state index contributed by atoms with van der Waals surface area (Å²) in [6.45, 7) is -5.20. The van der Waals surface area contributed by atoms with Gasteiger partial charge in [-0.3, -0.25) is 0 Å². The number of aromatic nitrogens is 1. The van der Waals surface area contributed by atoms with E-state index in [-0.39, 0.29) is 51.4 Å². The number of nitrogens with zero attached hydrogens (tertiary/aromatic N) is 2. The van der Waals surface area contributed by atoms with E-state index in [1.54, 1.807) is 0 Å². The Kier molecular flexibility index (Phi) is 5.66. The van der Waals surface area contributed by atoms with Crippen LogP contribution in [0, 0.1) is 11.3 Å². The molecule has 0 saturated carbocycles. The first kappa shape index (κ1) is 14.4. The number of rotatable bonds is 1. The first-order chi connectivity index (χ1) is 5.96. The van der Waals surface area contributed by atoms with Crippen LogP contribution < -0.4 is 56.8 Å².